The molecule has 112 valence electrons. The molecule has 3 unspecified atom stereocenters. The Balaban J connectivity index is 1.82. The van der Waals surface area contributed by atoms with E-state index in [-0.39, 0.29) is 23.0 Å². The fraction of sp³-hybridized carbons (Fsp3) is 0.750. The standard InChI is InChI=1S/C12H20N4O3S/c1-8(20(2)18)5-7-14-11(17)10-15-12(19-16-10)9-4-3-6-13-9/h8-9,13H,3-7H2,1-2H3,(H,14,17). The van der Waals surface area contributed by atoms with Crippen LogP contribution in [0.15, 0.2) is 4.52 Å². The van der Waals surface area contributed by atoms with Crippen LogP contribution in [-0.2, 0) is 10.8 Å². The molecule has 0 saturated carbocycles. The highest BCUT2D eigenvalue weighted by Crippen LogP contribution is 2.20. The molecule has 7 nitrogen and oxygen atoms in total. The van der Waals surface area contributed by atoms with Crippen LogP contribution in [0.5, 0.6) is 0 Å². The first-order chi connectivity index (χ1) is 9.58. The van der Waals surface area contributed by atoms with Crippen LogP contribution in [0.2, 0.25) is 0 Å². The predicted molar refractivity (Wildman–Crippen MR) is 74.8 cm³/mol. The van der Waals surface area contributed by atoms with Gasteiger partial charge in [-0.05, 0) is 25.8 Å². The smallest absolute Gasteiger partial charge is 0.292 e. The number of carbonyl (C=O) groups excluding carboxylic acids is 1. The molecular weight excluding hydrogens is 280 g/mol. The summed E-state index contributed by atoms with van der Waals surface area (Å²) in [5.41, 5.74) is 0. The molecule has 1 aliphatic heterocycles. The summed E-state index contributed by atoms with van der Waals surface area (Å²) in [5, 5.41) is 9.69. The van der Waals surface area contributed by atoms with Gasteiger partial charge in [0.1, 0.15) is 0 Å². The molecule has 1 saturated heterocycles. The van der Waals surface area contributed by atoms with E-state index in [1.807, 2.05) is 6.92 Å². The van der Waals surface area contributed by atoms with Crippen molar-refractivity contribution in [1.29, 1.82) is 0 Å². The van der Waals surface area contributed by atoms with E-state index in [4.69, 9.17) is 4.52 Å². The van der Waals surface area contributed by atoms with Gasteiger partial charge in [-0.25, -0.2) is 0 Å². The van der Waals surface area contributed by atoms with E-state index in [0.29, 0.717) is 18.9 Å². The quantitative estimate of drug-likeness (QED) is 0.788. The summed E-state index contributed by atoms with van der Waals surface area (Å²) >= 11 is 0. The molecule has 1 aromatic rings. The zero-order valence-electron chi connectivity index (χ0n) is 11.7. The number of nitrogens with zero attached hydrogens (tertiary/aromatic N) is 2. The monoisotopic (exact) mass is 300 g/mol. The lowest BCUT2D eigenvalue weighted by Gasteiger charge is -2.07. The van der Waals surface area contributed by atoms with Crippen LogP contribution in [0.1, 0.15) is 48.7 Å². The van der Waals surface area contributed by atoms with Gasteiger partial charge in [0.2, 0.25) is 5.89 Å². The molecule has 1 aliphatic rings. The van der Waals surface area contributed by atoms with Crippen molar-refractivity contribution in [2.24, 2.45) is 0 Å². The van der Waals surface area contributed by atoms with Gasteiger partial charge >= 0.3 is 0 Å². The molecule has 8 heteroatoms. The molecule has 0 bridgehead atoms. The maximum atomic E-state index is 11.8. The lowest BCUT2D eigenvalue weighted by Crippen LogP contribution is -2.28. The van der Waals surface area contributed by atoms with Crippen LogP contribution in [0, 0.1) is 0 Å². The minimum absolute atomic E-state index is 0.0545. The van der Waals surface area contributed by atoms with Crippen molar-refractivity contribution in [3.05, 3.63) is 11.7 Å². The van der Waals surface area contributed by atoms with E-state index in [2.05, 4.69) is 20.8 Å². The Hall–Kier alpha value is -1.28. The van der Waals surface area contributed by atoms with Gasteiger partial charge in [0.25, 0.3) is 11.7 Å². The average Bonchev–Trinajstić information content (AvgIpc) is 3.08. The Morgan fingerprint density at radius 3 is 3.10 bits per heavy atom. The molecule has 1 amide bonds. The van der Waals surface area contributed by atoms with E-state index >= 15 is 0 Å². The van der Waals surface area contributed by atoms with Crippen molar-refractivity contribution < 1.29 is 13.5 Å². The molecular formula is C12H20N4O3S. The highest BCUT2D eigenvalue weighted by molar-refractivity contribution is 7.84. The van der Waals surface area contributed by atoms with E-state index < -0.39 is 10.8 Å². The number of amides is 1. The van der Waals surface area contributed by atoms with Crippen LogP contribution in [0.3, 0.4) is 0 Å². The zero-order valence-corrected chi connectivity index (χ0v) is 12.5. The van der Waals surface area contributed by atoms with Crippen LogP contribution in [-0.4, -0.2) is 44.9 Å². The molecule has 2 heterocycles. The summed E-state index contributed by atoms with van der Waals surface area (Å²) in [7, 11) is -0.877. The molecule has 0 radical (unpaired) electrons. The van der Waals surface area contributed by atoms with E-state index in [1.165, 1.54) is 0 Å². The Bertz CT molecular complexity index is 485. The molecule has 2 N–H and O–H groups in total. The van der Waals surface area contributed by atoms with Gasteiger partial charge in [-0.1, -0.05) is 12.1 Å². The summed E-state index contributed by atoms with van der Waals surface area (Å²) in [4.78, 5) is 15.9. The molecule has 20 heavy (non-hydrogen) atoms. The second kappa shape index (κ2) is 6.94. The number of rotatable bonds is 6. The lowest BCUT2D eigenvalue weighted by molar-refractivity contribution is 0.0940. The summed E-state index contributed by atoms with van der Waals surface area (Å²) in [6.45, 7) is 3.27. The average molecular weight is 300 g/mol. The van der Waals surface area contributed by atoms with Crippen LogP contribution >= 0.6 is 0 Å². The molecule has 0 aliphatic carbocycles. The highest BCUT2D eigenvalue weighted by atomic mass is 32.2. The van der Waals surface area contributed by atoms with E-state index in [1.54, 1.807) is 6.26 Å². The zero-order chi connectivity index (χ0) is 14.5. The number of nitrogens with one attached hydrogen (secondary N) is 2. The minimum atomic E-state index is -0.877. The second-order valence-corrected chi connectivity index (χ2v) is 6.76. The maximum absolute atomic E-state index is 11.8. The Labute approximate surface area is 120 Å². The van der Waals surface area contributed by atoms with Gasteiger partial charge < -0.3 is 15.2 Å². The van der Waals surface area contributed by atoms with Gasteiger partial charge in [0.05, 0.1) is 6.04 Å². The summed E-state index contributed by atoms with van der Waals surface area (Å²) in [6.07, 6.45) is 4.33. The molecule has 3 atom stereocenters. The topological polar surface area (TPSA) is 97.1 Å². The van der Waals surface area contributed by atoms with Gasteiger partial charge in [0, 0.05) is 28.9 Å². The SMILES string of the molecule is CC(CCNC(=O)c1noc(C2CCCN2)n1)S(C)=O. The molecule has 1 fully saturated rings. The van der Waals surface area contributed by atoms with Gasteiger partial charge in [-0.3, -0.25) is 9.00 Å². The minimum Gasteiger partial charge on any atom is -0.349 e. The molecule has 1 aromatic heterocycles. The van der Waals surface area contributed by atoms with Crippen molar-refractivity contribution in [2.75, 3.05) is 19.3 Å². The largest absolute Gasteiger partial charge is 0.349 e. The van der Waals surface area contributed by atoms with Crippen LogP contribution in [0.4, 0.5) is 0 Å². The van der Waals surface area contributed by atoms with E-state index in [0.717, 1.165) is 19.4 Å². The van der Waals surface area contributed by atoms with Crippen molar-refractivity contribution in [1.82, 2.24) is 20.8 Å². The van der Waals surface area contributed by atoms with E-state index in [9.17, 15) is 9.00 Å². The van der Waals surface area contributed by atoms with Crippen molar-refractivity contribution >= 4 is 16.7 Å². The normalized spacial score (nSPS) is 21.6. The lowest BCUT2D eigenvalue weighted by atomic mass is 10.2. The Morgan fingerprint density at radius 1 is 1.65 bits per heavy atom. The number of hydrogen-bond acceptors (Lipinski definition) is 6. The second-order valence-electron chi connectivity index (χ2n) is 4.96. The summed E-state index contributed by atoms with van der Waals surface area (Å²) < 4.78 is 16.3. The van der Waals surface area contributed by atoms with Crippen molar-refractivity contribution in [2.45, 2.75) is 37.5 Å². The third-order valence-electron chi connectivity index (χ3n) is 3.41. The first kappa shape index (κ1) is 15.1. The number of aromatic nitrogens is 2. The Morgan fingerprint density at radius 2 is 2.45 bits per heavy atom. The third kappa shape index (κ3) is 3.86. The van der Waals surface area contributed by atoms with Gasteiger partial charge in [0.15, 0.2) is 0 Å². The predicted octanol–water partition coefficient (Wildman–Crippen LogP) is 0.381. The van der Waals surface area contributed by atoms with Crippen molar-refractivity contribution in [3.63, 3.8) is 0 Å². The fourth-order valence-corrected chi connectivity index (χ4v) is 2.45. The van der Waals surface area contributed by atoms with Crippen molar-refractivity contribution in [3.8, 4) is 0 Å². The number of hydrogen-bond donors (Lipinski definition) is 2. The first-order valence-corrected chi connectivity index (χ1v) is 8.37. The Kier molecular flexibility index (Phi) is 5.24. The molecule has 0 aromatic carbocycles. The van der Waals surface area contributed by atoms with Gasteiger partial charge in [-0.2, -0.15) is 4.98 Å². The fourth-order valence-electron chi connectivity index (χ4n) is 2.00. The first-order valence-electron chi connectivity index (χ1n) is 6.75. The molecule has 0 spiro atoms. The number of carbonyl (C=O) groups is 1. The summed E-state index contributed by atoms with van der Waals surface area (Å²) in [6, 6.07) is 0.0617. The summed E-state index contributed by atoms with van der Waals surface area (Å²) in [5.74, 6) is 0.168. The molecule has 2 rings (SSSR count). The van der Waals surface area contributed by atoms with Gasteiger partial charge in [-0.15, -0.1) is 0 Å². The van der Waals surface area contributed by atoms with Crippen LogP contribution < -0.4 is 10.6 Å². The van der Waals surface area contributed by atoms with Crippen LogP contribution in [0.25, 0.3) is 0 Å². The maximum Gasteiger partial charge on any atom is 0.292 e. The third-order valence-corrected chi connectivity index (χ3v) is 4.78. The highest BCUT2D eigenvalue weighted by Gasteiger charge is 2.24.